The molecule has 4 rings (SSSR count). The molecular weight excluding hydrogens is 391 g/mol. The molecule has 2 heterocycles. The normalized spacial score (nSPS) is 15.6. The van der Waals surface area contributed by atoms with E-state index in [1.54, 1.807) is 54.5 Å². The van der Waals surface area contributed by atoms with Gasteiger partial charge in [0, 0.05) is 49.2 Å². The minimum absolute atomic E-state index is 0.140. The summed E-state index contributed by atoms with van der Waals surface area (Å²) in [4.78, 5) is 2.40. The number of hydrogen-bond acceptors (Lipinski definition) is 4. The molecule has 29 heavy (non-hydrogen) atoms. The number of anilines is 1. The Morgan fingerprint density at radius 1 is 1.07 bits per heavy atom. The maximum atomic E-state index is 13.1. The lowest BCUT2D eigenvalue weighted by molar-refractivity contribution is 0.460. The lowest BCUT2D eigenvalue weighted by Gasteiger charge is -2.33. The smallest absolute Gasteiger partial charge is 0.241 e. The minimum Gasteiger partial charge on any atom is -0.371 e. The number of nitrogens with zero attached hydrogens (tertiary/aromatic N) is 3. The van der Waals surface area contributed by atoms with E-state index in [0.717, 1.165) is 11.3 Å². The third kappa shape index (κ3) is 4.33. The average molecular weight is 415 g/mol. The van der Waals surface area contributed by atoms with Crippen LogP contribution in [0.15, 0.2) is 65.8 Å². The van der Waals surface area contributed by atoms with E-state index < -0.39 is 10.0 Å². The monoisotopic (exact) mass is 414 g/mol. The van der Waals surface area contributed by atoms with Crippen LogP contribution in [0.4, 0.5) is 10.1 Å². The number of rotatable bonds is 5. The molecule has 3 aromatic rings. The first kappa shape index (κ1) is 19.6. The largest absolute Gasteiger partial charge is 0.371 e. The molecule has 1 aromatic heterocycles. The summed E-state index contributed by atoms with van der Waals surface area (Å²) in [6.45, 7) is 1.42. The van der Waals surface area contributed by atoms with Gasteiger partial charge in [0.2, 0.25) is 10.0 Å². The lowest BCUT2D eigenvalue weighted by atomic mass is 10.1. The maximum absolute atomic E-state index is 13.1. The number of sulfonamides is 1. The zero-order chi connectivity index (χ0) is 20.4. The van der Waals surface area contributed by atoms with E-state index in [9.17, 15) is 12.8 Å². The zero-order valence-corrected chi connectivity index (χ0v) is 16.9. The van der Waals surface area contributed by atoms with Crippen molar-refractivity contribution in [3.05, 3.63) is 66.7 Å². The Balaban J connectivity index is 1.47. The molecule has 0 saturated carbocycles. The molecule has 0 radical (unpaired) electrons. The topological polar surface area (TPSA) is 67.2 Å². The van der Waals surface area contributed by atoms with Gasteiger partial charge in [-0.25, -0.2) is 17.5 Å². The molecule has 1 saturated heterocycles. The van der Waals surface area contributed by atoms with Crippen molar-refractivity contribution in [2.75, 3.05) is 18.0 Å². The van der Waals surface area contributed by atoms with Crippen LogP contribution in [0.3, 0.4) is 0 Å². The van der Waals surface area contributed by atoms with Crippen LogP contribution in [-0.4, -0.2) is 37.3 Å². The van der Waals surface area contributed by atoms with Crippen LogP contribution in [0.5, 0.6) is 0 Å². The van der Waals surface area contributed by atoms with Crippen molar-refractivity contribution in [2.24, 2.45) is 7.05 Å². The van der Waals surface area contributed by atoms with Crippen molar-refractivity contribution in [1.82, 2.24) is 14.5 Å². The molecule has 1 aliphatic heterocycles. The Kier molecular flexibility index (Phi) is 5.38. The molecular formula is C21H23FN4O2S. The van der Waals surface area contributed by atoms with Crippen molar-refractivity contribution >= 4 is 15.7 Å². The summed E-state index contributed by atoms with van der Waals surface area (Å²) < 4.78 is 43.8. The molecule has 0 unspecified atom stereocenters. The number of piperidine rings is 1. The highest BCUT2D eigenvalue weighted by Gasteiger charge is 2.26. The van der Waals surface area contributed by atoms with E-state index in [1.807, 2.05) is 6.07 Å². The van der Waals surface area contributed by atoms with E-state index >= 15 is 0 Å². The number of benzene rings is 2. The molecule has 0 amide bonds. The van der Waals surface area contributed by atoms with Crippen LogP contribution < -0.4 is 9.62 Å². The Morgan fingerprint density at radius 3 is 2.41 bits per heavy atom. The Hall–Kier alpha value is -2.71. The van der Waals surface area contributed by atoms with Crippen LogP contribution in [0.1, 0.15) is 12.8 Å². The van der Waals surface area contributed by atoms with Crippen LogP contribution in [-0.2, 0) is 17.1 Å². The van der Waals surface area contributed by atoms with Gasteiger partial charge in [0.25, 0.3) is 0 Å². The predicted octanol–water partition coefficient (Wildman–Crippen LogP) is 3.17. The van der Waals surface area contributed by atoms with Gasteiger partial charge < -0.3 is 4.90 Å². The van der Waals surface area contributed by atoms with Gasteiger partial charge in [0.15, 0.2) is 0 Å². The standard InChI is InChI=1S/C21H23FN4O2S/c1-25-15-16(14-23-25)20-4-2-3-5-21(20)29(27,28)24-18-10-12-26(13-11-18)19-8-6-17(22)7-9-19/h2-9,14-15,18,24H,10-13H2,1H3. The molecule has 1 fully saturated rings. The maximum Gasteiger partial charge on any atom is 0.241 e. The Morgan fingerprint density at radius 2 is 1.76 bits per heavy atom. The molecule has 2 aromatic carbocycles. The molecule has 0 atom stereocenters. The summed E-state index contributed by atoms with van der Waals surface area (Å²) in [5, 5.41) is 4.15. The summed E-state index contributed by atoms with van der Waals surface area (Å²) in [7, 11) is -1.87. The van der Waals surface area contributed by atoms with Crippen molar-refractivity contribution in [2.45, 2.75) is 23.8 Å². The summed E-state index contributed by atoms with van der Waals surface area (Å²) >= 11 is 0. The summed E-state index contributed by atoms with van der Waals surface area (Å²) in [5.41, 5.74) is 2.35. The van der Waals surface area contributed by atoms with Crippen molar-refractivity contribution in [3.8, 4) is 11.1 Å². The quantitative estimate of drug-likeness (QED) is 0.696. The summed E-state index contributed by atoms with van der Waals surface area (Å²) in [6.07, 6.45) is 4.84. The van der Waals surface area contributed by atoms with Crippen LogP contribution >= 0.6 is 0 Å². The van der Waals surface area contributed by atoms with Gasteiger partial charge in [-0.05, 0) is 43.2 Å². The van der Waals surface area contributed by atoms with Gasteiger partial charge in [-0.3, -0.25) is 4.68 Å². The second-order valence-electron chi connectivity index (χ2n) is 7.26. The second-order valence-corrected chi connectivity index (χ2v) is 8.94. The highest BCUT2D eigenvalue weighted by atomic mass is 32.2. The van der Waals surface area contributed by atoms with Gasteiger partial charge in [0.1, 0.15) is 5.82 Å². The van der Waals surface area contributed by atoms with Crippen LogP contribution in [0, 0.1) is 5.82 Å². The van der Waals surface area contributed by atoms with Crippen molar-refractivity contribution in [3.63, 3.8) is 0 Å². The third-order valence-electron chi connectivity index (χ3n) is 5.20. The van der Waals surface area contributed by atoms with Gasteiger partial charge >= 0.3 is 0 Å². The Bertz CT molecular complexity index is 1090. The molecule has 1 aliphatic rings. The van der Waals surface area contributed by atoms with E-state index in [1.165, 1.54) is 12.1 Å². The van der Waals surface area contributed by atoms with E-state index in [-0.39, 0.29) is 16.8 Å². The Labute approximate surface area is 170 Å². The predicted molar refractivity (Wildman–Crippen MR) is 111 cm³/mol. The molecule has 1 N–H and O–H groups in total. The van der Waals surface area contributed by atoms with E-state index in [4.69, 9.17) is 0 Å². The molecule has 8 heteroatoms. The number of aromatic nitrogens is 2. The number of hydrogen-bond donors (Lipinski definition) is 1. The van der Waals surface area contributed by atoms with Crippen molar-refractivity contribution in [1.29, 1.82) is 0 Å². The minimum atomic E-state index is -3.67. The molecule has 0 spiro atoms. The van der Waals surface area contributed by atoms with Gasteiger partial charge in [-0.1, -0.05) is 18.2 Å². The van der Waals surface area contributed by atoms with Gasteiger partial charge in [-0.15, -0.1) is 0 Å². The highest BCUT2D eigenvalue weighted by Crippen LogP contribution is 2.28. The van der Waals surface area contributed by atoms with Gasteiger partial charge in [0.05, 0.1) is 11.1 Å². The first-order valence-corrected chi connectivity index (χ1v) is 11.0. The molecule has 0 aliphatic carbocycles. The molecule has 0 bridgehead atoms. The third-order valence-corrected chi connectivity index (χ3v) is 6.78. The fourth-order valence-electron chi connectivity index (χ4n) is 3.69. The number of halogens is 1. The highest BCUT2D eigenvalue weighted by molar-refractivity contribution is 7.89. The van der Waals surface area contributed by atoms with Crippen LogP contribution in [0.25, 0.3) is 11.1 Å². The molecule has 6 nitrogen and oxygen atoms in total. The first-order valence-electron chi connectivity index (χ1n) is 9.53. The second kappa shape index (κ2) is 7.96. The number of nitrogens with one attached hydrogen (secondary N) is 1. The number of aryl methyl sites for hydroxylation is 1. The SMILES string of the molecule is Cn1cc(-c2ccccc2S(=O)(=O)NC2CCN(c3ccc(F)cc3)CC2)cn1. The summed E-state index contributed by atoms with van der Waals surface area (Å²) in [5.74, 6) is -0.260. The van der Waals surface area contributed by atoms with Crippen LogP contribution in [0.2, 0.25) is 0 Å². The lowest BCUT2D eigenvalue weighted by Crippen LogP contribution is -2.44. The van der Waals surface area contributed by atoms with E-state index in [2.05, 4.69) is 14.7 Å². The molecule has 152 valence electrons. The summed E-state index contributed by atoms with van der Waals surface area (Å²) in [6, 6.07) is 13.2. The van der Waals surface area contributed by atoms with Crippen molar-refractivity contribution < 1.29 is 12.8 Å². The van der Waals surface area contributed by atoms with Gasteiger partial charge in [-0.2, -0.15) is 5.10 Å². The van der Waals surface area contributed by atoms with E-state index in [0.29, 0.717) is 31.5 Å². The fourth-order valence-corrected chi connectivity index (χ4v) is 5.22. The average Bonchev–Trinajstić information content (AvgIpc) is 3.15. The first-order chi connectivity index (χ1) is 13.9. The fraction of sp³-hybridized carbons (Fsp3) is 0.286. The zero-order valence-electron chi connectivity index (χ0n) is 16.1.